The topological polar surface area (TPSA) is 52.7 Å². The summed E-state index contributed by atoms with van der Waals surface area (Å²) in [5.74, 6) is 0.0741. The molecule has 2 rings (SSSR count). The Morgan fingerprint density at radius 3 is 2.40 bits per heavy atom. The maximum absolute atomic E-state index is 12.7. The minimum absolute atomic E-state index is 0.0912. The number of urea groups is 1. The highest BCUT2D eigenvalue weighted by atomic mass is 79.9. The first-order chi connectivity index (χ1) is 11.9. The molecule has 0 radical (unpaired) electrons. The maximum Gasteiger partial charge on any atom is 0.321 e. The van der Waals surface area contributed by atoms with Crippen LogP contribution in [0, 0.1) is 19.8 Å². The van der Waals surface area contributed by atoms with Crippen LogP contribution >= 0.6 is 15.9 Å². The van der Waals surface area contributed by atoms with Gasteiger partial charge in [0.15, 0.2) is 0 Å². The number of nitrogens with zero attached hydrogens (tertiary/aromatic N) is 2. The number of likely N-dealkylation sites (tertiary alicyclic amines) is 1. The molecule has 5 nitrogen and oxygen atoms in total. The second kappa shape index (κ2) is 8.70. The van der Waals surface area contributed by atoms with Crippen LogP contribution in [-0.2, 0) is 4.79 Å². The van der Waals surface area contributed by atoms with Crippen molar-refractivity contribution in [2.45, 2.75) is 40.5 Å². The zero-order chi connectivity index (χ0) is 18.6. The van der Waals surface area contributed by atoms with E-state index in [4.69, 9.17) is 0 Å². The summed E-state index contributed by atoms with van der Waals surface area (Å²) in [5.41, 5.74) is 2.89. The Balaban J connectivity index is 2.06. The molecule has 1 saturated heterocycles. The van der Waals surface area contributed by atoms with Gasteiger partial charge in [-0.25, -0.2) is 4.79 Å². The van der Waals surface area contributed by atoms with E-state index in [1.807, 2.05) is 44.7 Å². The molecule has 6 heteroatoms. The van der Waals surface area contributed by atoms with Crippen LogP contribution < -0.4 is 5.32 Å². The summed E-state index contributed by atoms with van der Waals surface area (Å²) in [6.45, 7) is 10.6. The number of anilines is 1. The monoisotopic (exact) mass is 409 g/mol. The summed E-state index contributed by atoms with van der Waals surface area (Å²) >= 11 is 3.48. The number of carbonyl (C=O) groups excluding carboxylic acids is 2. The van der Waals surface area contributed by atoms with Crippen LogP contribution in [0.2, 0.25) is 0 Å². The Morgan fingerprint density at radius 1 is 1.24 bits per heavy atom. The lowest BCUT2D eigenvalue weighted by molar-refractivity contribution is -0.136. The Hall–Kier alpha value is -1.56. The predicted molar refractivity (Wildman–Crippen MR) is 105 cm³/mol. The molecule has 138 valence electrons. The second-order valence-electron chi connectivity index (χ2n) is 6.64. The minimum atomic E-state index is -0.120. The van der Waals surface area contributed by atoms with E-state index in [9.17, 15) is 9.59 Å². The van der Waals surface area contributed by atoms with E-state index < -0.39 is 0 Å². The number of hydrogen-bond donors (Lipinski definition) is 1. The highest BCUT2D eigenvalue weighted by molar-refractivity contribution is 9.10. The van der Waals surface area contributed by atoms with Gasteiger partial charge in [-0.2, -0.15) is 0 Å². The van der Waals surface area contributed by atoms with Gasteiger partial charge >= 0.3 is 6.03 Å². The van der Waals surface area contributed by atoms with E-state index >= 15 is 0 Å². The normalized spacial score (nSPS) is 17.3. The van der Waals surface area contributed by atoms with E-state index in [0.717, 1.165) is 47.2 Å². The summed E-state index contributed by atoms with van der Waals surface area (Å²) < 4.78 is 1.00. The molecule has 1 N–H and O–H groups in total. The van der Waals surface area contributed by atoms with E-state index in [2.05, 4.69) is 21.2 Å². The van der Waals surface area contributed by atoms with Crippen molar-refractivity contribution in [3.8, 4) is 0 Å². The first kappa shape index (κ1) is 19.8. The van der Waals surface area contributed by atoms with Crippen molar-refractivity contribution < 1.29 is 9.59 Å². The molecule has 1 fully saturated rings. The predicted octanol–water partition coefficient (Wildman–Crippen LogP) is 4.18. The first-order valence-corrected chi connectivity index (χ1v) is 9.78. The average Bonchev–Trinajstić information content (AvgIpc) is 2.59. The fourth-order valence-corrected chi connectivity index (χ4v) is 4.14. The lowest BCUT2D eigenvalue weighted by Crippen LogP contribution is -2.48. The fourth-order valence-electron chi connectivity index (χ4n) is 3.45. The van der Waals surface area contributed by atoms with Gasteiger partial charge in [-0.15, -0.1) is 0 Å². The summed E-state index contributed by atoms with van der Waals surface area (Å²) in [5, 5.41) is 3.03. The third kappa shape index (κ3) is 4.75. The molecular formula is C19H28BrN3O2. The number of piperidine rings is 1. The number of benzene rings is 1. The van der Waals surface area contributed by atoms with Crippen molar-refractivity contribution in [2.24, 2.45) is 5.92 Å². The summed E-state index contributed by atoms with van der Waals surface area (Å²) in [6, 6.07) is 3.86. The van der Waals surface area contributed by atoms with Crippen LogP contribution in [0.1, 0.15) is 37.8 Å². The average molecular weight is 410 g/mol. The van der Waals surface area contributed by atoms with Crippen LogP contribution in [0.25, 0.3) is 0 Å². The van der Waals surface area contributed by atoms with Crippen molar-refractivity contribution >= 4 is 33.6 Å². The van der Waals surface area contributed by atoms with Crippen molar-refractivity contribution in [2.75, 3.05) is 31.5 Å². The zero-order valence-electron chi connectivity index (χ0n) is 15.6. The lowest BCUT2D eigenvalue weighted by Gasteiger charge is -2.34. The smallest absolute Gasteiger partial charge is 0.321 e. The van der Waals surface area contributed by atoms with Crippen molar-refractivity contribution in [1.82, 2.24) is 9.80 Å². The van der Waals surface area contributed by atoms with E-state index in [1.54, 1.807) is 4.90 Å². The van der Waals surface area contributed by atoms with E-state index in [0.29, 0.717) is 13.1 Å². The van der Waals surface area contributed by atoms with Gasteiger partial charge in [0, 0.05) is 36.3 Å². The highest BCUT2D eigenvalue weighted by Gasteiger charge is 2.30. The van der Waals surface area contributed by atoms with Crippen LogP contribution in [0.15, 0.2) is 16.6 Å². The molecule has 0 aliphatic carbocycles. The van der Waals surface area contributed by atoms with Gasteiger partial charge in [-0.05, 0) is 63.8 Å². The van der Waals surface area contributed by atoms with Crippen molar-refractivity contribution in [1.29, 1.82) is 0 Å². The van der Waals surface area contributed by atoms with Gasteiger partial charge in [-0.3, -0.25) is 4.79 Å². The van der Waals surface area contributed by atoms with Crippen molar-refractivity contribution in [3.63, 3.8) is 0 Å². The molecule has 3 amide bonds. The van der Waals surface area contributed by atoms with Crippen LogP contribution in [-0.4, -0.2) is 47.9 Å². The molecule has 0 spiro atoms. The number of halogens is 1. The van der Waals surface area contributed by atoms with Gasteiger partial charge in [-0.1, -0.05) is 15.9 Å². The molecule has 1 unspecified atom stereocenters. The fraction of sp³-hybridized carbons (Fsp3) is 0.579. The molecule has 1 aliphatic rings. The summed E-state index contributed by atoms with van der Waals surface area (Å²) in [7, 11) is 0. The largest absolute Gasteiger partial charge is 0.343 e. The molecule has 1 aromatic carbocycles. The molecule has 1 aromatic rings. The molecule has 1 atom stereocenters. The standard InChI is InChI=1S/C19H28BrN3O2/c1-5-22(6-2)18(24)15-8-7-9-23(12-15)19(25)21-17-13(3)10-16(20)11-14(17)4/h10-11,15H,5-9,12H2,1-4H3,(H,21,25). The van der Waals surface area contributed by atoms with Crippen LogP contribution in [0.3, 0.4) is 0 Å². The van der Waals surface area contributed by atoms with Gasteiger partial charge < -0.3 is 15.1 Å². The number of amides is 3. The first-order valence-electron chi connectivity index (χ1n) is 8.98. The lowest BCUT2D eigenvalue weighted by atomic mass is 9.96. The highest BCUT2D eigenvalue weighted by Crippen LogP contribution is 2.26. The number of aryl methyl sites for hydroxylation is 2. The Labute approximate surface area is 158 Å². The van der Waals surface area contributed by atoms with Crippen LogP contribution in [0.4, 0.5) is 10.5 Å². The molecule has 25 heavy (non-hydrogen) atoms. The Bertz CT molecular complexity index is 621. The van der Waals surface area contributed by atoms with Gasteiger partial charge in [0.25, 0.3) is 0 Å². The Kier molecular flexibility index (Phi) is 6.87. The SMILES string of the molecule is CCN(CC)C(=O)C1CCCN(C(=O)Nc2c(C)cc(Br)cc2C)C1. The quantitative estimate of drug-likeness (QED) is 0.810. The minimum Gasteiger partial charge on any atom is -0.343 e. The van der Waals surface area contributed by atoms with Gasteiger partial charge in [0.1, 0.15) is 0 Å². The third-order valence-electron chi connectivity index (χ3n) is 4.86. The zero-order valence-corrected chi connectivity index (χ0v) is 17.1. The molecule has 1 aliphatic heterocycles. The summed E-state index contributed by atoms with van der Waals surface area (Å²) in [6.07, 6.45) is 1.72. The molecule has 0 bridgehead atoms. The maximum atomic E-state index is 12.7. The summed E-state index contributed by atoms with van der Waals surface area (Å²) in [4.78, 5) is 28.9. The molecule has 0 saturated carbocycles. The van der Waals surface area contributed by atoms with E-state index in [1.165, 1.54) is 0 Å². The number of nitrogens with one attached hydrogen (secondary N) is 1. The molecule has 0 aromatic heterocycles. The van der Waals surface area contributed by atoms with Gasteiger partial charge in [0.2, 0.25) is 5.91 Å². The number of hydrogen-bond acceptors (Lipinski definition) is 2. The second-order valence-corrected chi connectivity index (χ2v) is 7.56. The van der Waals surface area contributed by atoms with Crippen LogP contribution in [0.5, 0.6) is 0 Å². The van der Waals surface area contributed by atoms with Gasteiger partial charge in [0.05, 0.1) is 5.92 Å². The molecule has 1 heterocycles. The number of rotatable bonds is 4. The van der Waals surface area contributed by atoms with E-state index in [-0.39, 0.29) is 17.9 Å². The molecular weight excluding hydrogens is 382 g/mol. The Morgan fingerprint density at radius 2 is 1.84 bits per heavy atom. The van der Waals surface area contributed by atoms with Crippen molar-refractivity contribution in [3.05, 3.63) is 27.7 Å². The number of carbonyl (C=O) groups is 2. The third-order valence-corrected chi connectivity index (χ3v) is 5.32.